The fourth-order valence-electron chi connectivity index (χ4n) is 2.73. The molecule has 1 aromatic heterocycles. The van der Waals surface area contributed by atoms with Crippen LogP contribution in [0, 0.1) is 13.8 Å². The summed E-state index contributed by atoms with van der Waals surface area (Å²) in [7, 11) is -3.25. The maximum absolute atomic E-state index is 11.7. The lowest BCUT2D eigenvalue weighted by atomic mass is 10.0. The van der Waals surface area contributed by atoms with E-state index in [0.717, 1.165) is 16.8 Å². The Bertz CT molecular complexity index is 899. The van der Waals surface area contributed by atoms with E-state index >= 15 is 0 Å². The fraction of sp³-hybridized carbons (Fsp3) is 0.421. The molecule has 0 radical (unpaired) electrons. The van der Waals surface area contributed by atoms with E-state index < -0.39 is 21.8 Å². The molecule has 1 atom stereocenters. The third kappa shape index (κ3) is 6.02. The molecule has 2 aromatic rings. The molecule has 0 spiro atoms. The smallest absolute Gasteiger partial charge is 0.326 e. The quantitative estimate of drug-likeness (QED) is 0.675. The van der Waals surface area contributed by atoms with Gasteiger partial charge < -0.3 is 10.4 Å². The van der Waals surface area contributed by atoms with Crippen LogP contribution in [0.5, 0.6) is 0 Å². The van der Waals surface area contributed by atoms with Gasteiger partial charge in [0.2, 0.25) is 0 Å². The molecule has 0 fully saturated rings. The molecule has 0 bridgehead atoms. The summed E-state index contributed by atoms with van der Waals surface area (Å²) in [6.45, 7) is 5.14. The van der Waals surface area contributed by atoms with Crippen molar-refractivity contribution < 1.29 is 18.3 Å². The van der Waals surface area contributed by atoms with Gasteiger partial charge in [0, 0.05) is 23.4 Å². The first kappa shape index (κ1) is 20.8. The number of carboxylic acids is 1. The van der Waals surface area contributed by atoms with Crippen LogP contribution in [0.1, 0.15) is 36.0 Å². The number of nitrogens with zero attached hydrogens (tertiary/aromatic N) is 2. The van der Waals surface area contributed by atoms with Crippen molar-refractivity contribution in [3.05, 3.63) is 53.0 Å². The first-order chi connectivity index (χ1) is 12.7. The van der Waals surface area contributed by atoms with E-state index in [9.17, 15) is 18.3 Å². The molecule has 0 aliphatic carbocycles. The Morgan fingerprint density at radius 1 is 1.19 bits per heavy atom. The second kappa shape index (κ2) is 8.94. The Morgan fingerprint density at radius 2 is 1.85 bits per heavy atom. The van der Waals surface area contributed by atoms with Gasteiger partial charge >= 0.3 is 5.97 Å². The van der Waals surface area contributed by atoms with Crippen LogP contribution in [-0.4, -0.2) is 47.0 Å². The van der Waals surface area contributed by atoms with Crippen LogP contribution >= 0.6 is 0 Å². The second-order valence-corrected chi connectivity index (χ2v) is 8.88. The van der Waals surface area contributed by atoms with Gasteiger partial charge in [-0.2, -0.15) is 0 Å². The van der Waals surface area contributed by atoms with E-state index in [1.807, 2.05) is 37.3 Å². The lowest BCUT2D eigenvalue weighted by molar-refractivity contribution is -0.137. The number of carboxylic acid groups (broad SMARTS) is 1. The monoisotopic (exact) mass is 391 g/mol. The number of aromatic nitrogens is 2. The summed E-state index contributed by atoms with van der Waals surface area (Å²) in [6.07, 6.45) is 0.521. The third-order valence-electron chi connectivity index (χ3n) is 4.32. The van der Waals surface area contributed by atoms with Crippen molar-refractivity contribution in [1.29, 1.82) is 0 Å². The Morgan fingerprint density at radius 3 is 2.44 bits per heavy atom. The average Bonchev–Trinajstić information content (AvgIpc) is 2.62. The van der Waals surface area contributed by atoms with Gasteiger partial charge in [0.1, 0.15) is 27.5 Å². The number of carbonyl (C=O) groups is 1. The number of hydrogen-bond donors (Lipinski definition) is 2. The topological polar surface area (TPSA) is 109 Å². The van der Waals surface area contributed by atoms with E-state index in [1.165, 1.54) is 0 Å². The van der Waals surface area contributed by atoms with Crippen molar-refractivity contribution in [3.63, 3.8) is 0 Å². The van der Waals surface area contributed by atoms with E-state index in [1.54, 1.807) is 13.8 Å². The van der Waals surface area contributed by atoms with Gasteiger partial charge in [0.25, 0.3) is 0 Å². The molecule has 2 N–H and O–H groups in total. The van der Waals surface area contributed by atoms with Crippen LogP contribution in [0.3, 0.4) is 0 Å². The van der Waals surface area contributed by atoms with Crippen molar-refractivity contribution >= 4 is 21.6 Å². The Balaban J connectivity index is 2.30. The molecule has 0 aliphatic heterocycles. The van der Waals surface area contributed by atoms with Crippen LogP contribution in [0.15, 0.2) is 30.3 Å². The summed E-state index contributed by atoms with van der Waals surface area (Å²) in [5.41, 5.74) is 2.62. The van der Waals surface area contributed by atoms with E-state index in [0.29, 0.717) is 18.1 Å². The van der Waals surface area contributed by atoms with Crippen LogP contribution in [0.2, 0.25) is 0 Å². The van der Waals surface area contributed by atoms with Crippen LogP contribution in [0.4, 0.5) is 5.82 Å². The minimum atomic E-state index is -3.25. The molecule has 27 heavy (non-hydrogen) atoms. The maximum atomic E-state index is 11.7. The molecule has 0 saturated carbocycles. The number of benzene rings is 1. The Kier molecular flexibility index (Phi) is 6.90. The molecule has 0 aliphatic rings. The van der Waals surface area contributed by atoms with Gasteiger partial charge in [-0.15, -0.1) is 0 Å². The largest absolute Gasteiger partial charge is 0.480 e. The fourth-order valence-corrected chi connectivity index (χ4v) is 3.61. The highest BCUT2D eigenvalue weighted by Gasteiger charge is 2.23. The summed E-state index contributed by atoms with van der Waals surface area (Å²) in [4.78, 5) is 20.4. The molecule has 2 rings (SSSR count). The molecule has 8 heteroatoms. The molecule has 1 aromatic carbocycles. The highest BCUT2D eigenvalue weighted by Crippen LogP contribution is 2.22. The lowest BCUT2D eigenvalue weighted by Gasteiger charge is -2.19. The Hall–Kier alpha value is -2.48. The van der Waals surface area contributed by atoms with E-state index in [2.05, 4.69) is 15.3 Å². The van der Waals surface area contributed by atoms with Crippen molar-refractivity contribution in [3.8, 4) is 0 Å². The summed E-state index contributed by atoms with van der Waals surface area (Å²) < 4.78 is 23.5. The first-order valence-corrected chi connectivity index (χ1v) is 10.6. The van der Waals surface area contributed by atoms with Gasteiger partial charge in [-0.05, 0) is 25.8 Å². The summed E-state index contributed by atoms with van der Waals surface area (Å²) in [5.74, 6) is -0.349. The molecular formula is C19H25N3O4S. The third-order valence-corrected chi connectivity index (χ3v) is 6.05. The van der Waals surface area contributed by atoms with Gasteiger partial charge in [0.15, 0.2) is 0 Å². The molecule has 7 nitrogen and oxygen atoms in total. The highest BCUT2D eigenvalue weighted by atomic mass is 32.2. The van der Waals surface area contributed by atoms with Crippen LogP contribution in [-0.2, 0) is 21.1 Å². The van der Waals surface area contributed by atoms with E-state index in [4.69, 9.17) is 0 Å². The molecule has 0 amide bonds. The predicted molar refractivity (Wildman–Crippen MR) is 105 cm³/mol. The summed E-state index contributed by atoms with van der Waals surface area (Å²) >= 11 is 0. The number of aryl methyl sites for hydroxylation is 2. The molecule has 0 saturated heterocycles. The minimum absolute atomic E-state index is 0.00960. The number of rotatable bonds is 9. The number of anilines is 1. The van der Waals surface area contributed by atoms with E-state index in [-0.39, 0.29) is 17.9 Å². The van der Waals surface area contributed by atoms with Crippen molar-refractivity contribution in [1.82, 2.24) is 9.97 Å². The zero-order valence-electron chi connectivity index (χ0n) is 15.8. The van der Waals surface area contributed by atoms with Crippen molar-refractivity contribution in [2.24, 2.45) is 0 Å². The number of hydrogen-bond acceptors (Lipinski definition) is 6. The second-order valence-electron chi connectivity index (χ2n) is 6.41. The van der Waals surface area contributed by atoms with Gasteiger partial charge in [-0.3, -0.25) is 0 Å². The number of aliphatic carboxylic acids is 1. The molecule has 146 valence electrons. The lowest BCUT2D eigenvalue weighted by Crippen LogP contribution is -2.33. The summed E-state index contributed by atoms with van der Waals surface area (Å²) in [6, 6.07) is 8.70. The SMILES string of the molecule is CCS(=O)(=O)CCC(Nc1nc(C)nc(C)c1Cc1ccccc1)C(=O)O. The van der Waals surface area contributed by atoms with Gasteiger partial charge in [-0.25, -0.2) is 23.2 Å². The number of nitrogens with one attached hydrogen (secondary N) is 1. The normalized spacial score (nSPS) is 12.6. The number of sulfone groups is 1. The van der Waals surface area contributed by atoms with Gasteiger partial charge in [0.05, 0.1) is 5.75 Å². The maximum Gasteiger partial charge on any atom is 0.326 e. The minimum Gasteiger partial charge on any atom is -0.480 e. The Labute approximate surface area is 159 Å². The average molecular weight is 391 g/mol. The first-order valence-electron chi connectivity index (χ1n) is 8.79. The van der Waals surface area contributed by atoms with Crippen LogP contribution in [0.25, 0.3) is 0 Å². The molecular weight excluding hydrogens is 366 g/mol. The van der Waals surface area contributed by atoms with Gasteiger partial charge in [-0.1, -0.05) is 37.3 Å². The summed E-state index contributed by atoms with van der Waals surface area (Å²) in [5, 5.41) is 12.5. The van der Waals surface area contributed by atoms with Crippen molar-refractivity contribution in [2.45, 2.75) is 39.7 Å². The molecule has 1 heterocycles. The van der Waals surface area contributed by atoms with Crippen LogP contribution < -0.4 is 5.32 Å². The predicted octanol–water partition coefficient (Wildman–Crippen LogP) is 2.37. The standard InChI is InChI=1S/C19H25N3O4S/c1-4-27(25,26)11-10-17(19(23)24)22-18-16(13(2)20-14(3)21-18)12-15-8-6-5-7-9-15/h5-9,17H,4,10-12H2,1-3H3,(H,23,24)(H,20,21,22). The van der Waals surface area contributed by atoms with Crippen molar-refractivity contribution in [2.75, 3.05) is 16.8 Å². The molecule has 1 unspecified atom stereocenters. The zero-order chi connectivity index (χ0) is 20.0. The highest BCUT2D eigenvalue weighted by molar-refractivity contribution is 7.91. The zero-order valence-corrected chi connectivity index (χ0v) is 16.6.